The summed E-state index contributed by atoms with van der Waals surface area (Å²) in [5.74, 6) is -5.04. The van der Waals surface area contributed by atoms with Gasteiger partial charge in [-0.1, -0.05) is 0 Å². The van der Waals surface area contributed by atoms with Crippen LogP contribution < -0.4 is 5.73 Å². The number of halogens is 4. The van der Waals surface area contributed by atoms with Crippen LogP contribution in [0.1, 0.15) is 16.8 Å². The number of rotatable bonds is 1. The van der Waals surface area contributed by atoms with Crippen LogP contribution in [0.5, 0.6) is 0 Å². The van der Waals surface area contributed by atoms with Crippen molar-refractivity contribution in [2.45, 2.75) is 12.5 Å². The molecule has 1 saturated heterocycles. The summed E-state index contributed by atoms with van der Waals surface area (Å²) < 4.78 is 39.0. The van der Waals surface area contributed by atoms with E-state index in [1.54, 1.807) is 0 Å². The molecule has 18 heavy (non-hydrogen) atoms. The summed E-state index contributed by atoms with van der Waals surface area (Å²) in [4.78, 5) is 13.2. The highest BCUT2D eigenvalue weighted by Crippen LogP contribution is 2.19. The Bertz CT molecular complexity index is 470. The van der Waals surface area contributed by atoms with E-state index in [2.05, 4.69) is 0 Å². The number of carbonyl (C=O) groups is 1. The Kier molecular flexibility index (Phi) is 4.59. The quantitative estimate of drug-likeness (QED) is 0.796. The van der Waals surface area contributed by atoms with E-state index in [1.165, 1.54) is 4.90 Å². The summed E-state index contributed by atoms with van der Waals surface area (Å²) in [5.41, 5.74) is 5.15. The van der Waals surface area contributed by atoms with Crippen LogP contribution in [-0.2, 0) is 0 Å². The summed E-state index contributed by atoms with van der Waals surface area (Å²) in [7, 11) is 0. The second-order valence-corrected chi connectivity index (χ2v) is 4.02. The van der Waals surface area contributed by atoms with Gasteiger partial charge in [0.05, 0.1) is 5.56 Å². The Morgan fingerprint density at radius 3 is 2.50 bits per heavy atom. The fourth-order valence-corrected chi connectivity index (χ4v) is 1.83. The van der Waals surface area contributed by atoms with E-state index in [9.17, 15) is 18.0 Å². The van der Waals surface area contributed by atoms with E-state index < -0.39 is 28.9 Å². The Balaban J connectivity index is 0.00000162. The monoisotopic (exact) mass is 280 g/mol. The number of amides is 1. The molecule has 3 nitrogen and oxygen atoms in total. The number of likely N-dealkylation sites (tertiary alicyclic amines) is 1. The Hall–Kier alpha value is -1.27. The summed E-state index contributed by atoms with van der Waals surface area (Å²) in [6, 6.07) is 1.54. The highest BCUT2D eigenvalue weighted by molar-refractivity contribution is 5.94. The van der Waals surface area contributed by atoms with Gasteiger partial charge in [0.2, 0.25) is 0 Å². The second kappa shape index (κ2) is 5.58. The number of carbonyl (C=O) groups excluding carboxylic acids is 1. The Labute approximate surface area is 108 Å². The molecule has 1 aliphatic rings. The average Bonchev–Trinajstić information content (AvgIpc) is 2.72. The van der Waals surface area contributed by atoms with Gasteiger partial charge in [-0.25, -0.2) is 13.2 Å². The van der Waals surface area contributed by atoms with Crippen molar-refractivity contribution < 1.29 is 18.0 Å². The molecule has 1 atom stereocenters. The van der Waals surface area contributed by atoms with Crippen molar-refractivity contribution in [1.82, 2.24) is 4.90 Å². The molecule has 0 saturated carbocycles. The first-order valence-electron chi connectivity index (χ1n) is 5.19. The van der Waals surface area contributed by atoms with Crippen LogP contribution in [-0.4, -0.2) is 29.9 Å². The second-order valence-electron chi connectivity index (χ2n) is 4.02. The van der Waals surface area contributed by atoms with E-state index in [1.807, 2.05) is 0 Å². The summed E-state index contributed by atoms with van der Waals surface area (Å²) in [6.45, 7) is 0.704. The van der Waals surface area contributed by atoms with E-state index in [4.69, 9.17) is 5.73 Å². The predicted octanol–water partition coefficient (Wildman–Crippen LogP) is 1.70. The van der Waals surface area contributed by atoms with Crippen LogP contribution in [0.4, 0.5) is 13.2 Å². The maximum Gasteiger partial charge on any atom is 0.256 e. The lowest BCUT2D eigenvalue weighted by atomic mass is 10.1. The van der Waals surface area contributed by atoms with Crippen molar-refractivity contribution in [2.24, 2.45) is 5.73 Å². The van der Waals surface area contributed by atoms with Crippen LogP contribution >= 0.6 is 12.4 Å². The van der Waals surface area contributed by atoms with Gasteiger partial charge < -0.3 is 10.6 Å². The van der Waals surface area contributed by atoms with E-state index in [0.717, 1.165) is 12.1 Å². The number of nitrogens with zero attached hydrogens (tertiary/aromatic N) is 1. The van der Waals surface area contributed by atoms with Crippen molar-refractivity contribution in [1.29, 1.82) is 0 Å². The Morgan fingerprint density at radius 2 is 1.94 bits per heavy atom. The molecule has 7 heteroatoms. The first kappa shape index (κ1) is 14.8. The van der Waals surface area contributed by atoms with Crippen molar-refractivity contribution in [3.8, 4) is 0 Å². The molecule has 0 aliphatic carbocycles. The molecule has 2 rings (SSSR count). The van der Waals surface area contributed by atoms with Crippen molar-refractivity contribution in [3.05, 3.63) is 35.1 Å². The van der Waals surface area contributed by atoms with Gasteiger partial charge in [0.25, 0.3) is 5.91 Å². The molecule has 0 spiro atoms. The first-order valence-corrected chi connectivity index (χ1v) is 5.19. The maximum absolute atomic E-state index is 13.4. The third kappa shape index (κ3) is 2.59. The third-order valence-electron chi connectivity index (χ3n) is 2.78. The van der Waals surface area contributed by atoms with E-state index >= 15 is 0 Å². The molecule has 0 unspecified atom stereocenters. The van der Waals surface area contributed by atoms with Crippen LogP contribution in [0.25, 0.3) is 0 Å². The number of benzene rings is 1. The number of nitrogens with two attached hydrogens (primary N) is 1. The lowest BCUT2D eigenvalue weighted by Gasteiger charge is -2.16. The minimum atomic E-state index is -1.63. The zero-order chi connectivity index (χ0) is 12.6. The molecule has 100 valence electrons. The van der Waals surface area contributed by atoms with Crippen LogP contribution in [0.3, 0.4) is 0 Å². The molecular formula is C11H12ClF3N2O. The van der Waals surface area contributed by atoms with Crippen molar-refractivity contribution in [3.63, 3.8) is 0 Å². The maximum atomic E-state index is 13.4. The van der Waals surface area contributed by atoms with Gasteiger partial charge in [-0.05, 0) is 18.6 Å². The van der Waals surface area contributed by atoms with Gasteiger partial charge in [-0.3, -0.25) is 4.79 Å². The zero-order valence-electron chi connectivity index (χ0n) is 9.33. The fourth-order valence-electron chi connectivity index (χ4n) is 1.83. The summed E-state index contributed by atoms with van der Waals surface area (Å²) >= 11 is 0. The smallest absolute Gasteiger partial charge is 0.256 e. The van der Waals surface area contributed by atoms with Crippen LogP contribution in [0.15, 0.2) is 12.1 Å². The fraction of sp³-hybridized carbons (Fsp3) is 0.364. The van der Waals surface area contributed by atoms with Crippen molar-refractivity contribution >= 4 is 18.3 Å². The van der Waals surface area contributed by atoms with Gasteiger partial charge in [0.1, 0.15) is 0 Å². The molecule has 1 fully saturated rings. The number of hydrogen-bond donors (Lipinski definition) is 1. The van der Waals surface area contributed by atoms with Gasteiger partial charge in [-0.15, -0.1) is 12.4 Å². The van der Waals surface area contributed by atoms with Crippen LogP contribution in [0.2, 0.25) is 0 Å². The van der Waals surface area contributed by atoms with Gasteiger partial charge in [0, 0.05) is 19.1 Å². The minimum Gasteiger partial charge on any atom is -0.337 e. The van der Waals surface area contributed by atoms with Crippen molar-refractivity contribution in [2.75, 3.05) is 13.1 Å². The third-order valence-corrected chi connectivity index (χ3v) is 2.78. The number of hydrogen-bond acceptors (Lipinski definition) is 2. The molecule has 2 N–H and O–H groups in total. The molecule has 1 aliphatic heterocycles. The highest BCUT2D eigenvalue weighted by Gasteiger charge is 2.28. The molecule has 1 amide bonds. The topological polar surface area (TPSA) is 46.3 Å². The first-order chi connectivity index (χ1) is 8.00. The standard InChI is InChI=1S/C11H11F3N2O.ClH/c12-8-2-1-7(9(13)10(8)14)11(17)16-4-3-6(15)5-16;/h1-2,6H,3-5,15H2;1H/t6-;/m0./s1. The SMILES string of the molecule is Cl.N[C@H]1CCN(C(=O)c2ccc(F)c(F)c2F)C1. The molecular weight excluding hydrogens is 269 g/mol. The van der Waals surface area contributed by atoms with Crippen LogP contribution in [0, 0.1) is 17.5 Å². The predicted molar refractivity (Wildman–Crippen MR) is 62.1 cm³/mol. The molecule has 1 aromatic rings. The molecule has 0 radical (unpaired) electrons. The summed E-state index contributed by atoms with van der Waals surface area (Å²) in [6.07, 6.45) is 0.622. The van der Waals surface area contributed by atoms with Gasteiger partial charge in [-0.2, -0.15) is 0 Å². The molecule has 1 aromatic carbocycles. The largest absolute Gasteiger partial charge is 0.337 e. The van der Waals surface area contributed by atoms with E-state index in [-0.39, 0.29) is 18.4 Å². The lowest BCUT2D eigenvalue weighted by molar-refractivity contribution is 0.0785. The molecule has 0 bridgehead atoms. The highest BCUT2D eigenvalue weighted by atomic mass is 35.5. The normalized spacial score (nSPS) is 18.7. The Morgan fingerprint density at radius 1 is 1.28 bits per heavy atom. The van der Waals surface area contributed by atoms with Gasteiger partial charge in [0.15, 0.2) is 17.5 Å². The summed E-state index contributed by atoms with van der Waals surface area (Å²) in [5, 5.41) is 0. The van der Waals surface area contributed by atoms with E-state index in [0.29, 0.717) is 19.5 Å². The van der Waals surface area contributed by atoms with Gasteiger partial charge >= 0.3 is 0 Å². The average molecular weight is 281 g/mol. The minimum absolute atomic E-state index is 0. The molecule has 1 heterocycles. The molecule has 0 aromatic heterocycles. The zero-order valence-corrected chi connectivity index (χ0v) is 10.1. The lowest BCUT2D eigenvalue weighted by Crippen LogP contribution is -2.32.